The van der Waals surface area contributed by atoms with E-state index in [1.807, 2.05) is 12.3 Å². The van der Waals surface area contributed by atoms with E-state index in [-0.39, 0.29) is 11.4 Å². The molecular weight excluding hydrogens is 374 g/mol. The van der Waals surface area contributed by atoms with Gasteiger partial charge in [0, 0.05) is 18.7 Å². The molecule has 0 fully saturated rings. The molecule has 0 saturated heterocycles. The first kappa shape index (κ1) is 25.7. The second-order valence-electron chi connectivity index (χ2n) is 7.67. The van der Waals surface area contributed by atoms with Gasteiger partial charge in [0.2, 0.25) is 0 Å². The minimum Gasteiger partial charge on any atom is -0.462 e. The molecule has 0 saturated carbocycles. The second kappa shape index (κ2) is 15.5. The highest BCUT2D eigenvalue weighted by atomic mass is 16.5. The van der Waals surface area contributed by atoms with E-state index in [1.54, 1.807) is 36.4 Å². The van der Waals surface area contributed by atoms with Gasteiger partial charge < -0.3 is 9.64 Å². The topological polar surface area (TPSA) is 46.6 Å². The highest BCUT2D eigenvalue weighted by Crippen LogP contribution is 2.16. The number of hydrogen-bond donors (Lipinski definition) is 0. The van der Waals surface area contributed by atoms with Crippen LogP contribution in [0.2, 0.25) is 0 Å². The first-order chi connectivity index (χ1) is 14.6. The first-order valence-electron chi connectivity index (χ1n) is 11.5. The summed E-state index contributed by atoms with van der Waals surface area (Å²) in [7, 11) is 0. The van der Waals surface area contributed by atoms with Crippen molar-refractivity contribution in [2.75, 3.05) is 19.7 Å². The summed E-state index contributed by atoms with van der Waals surface area (Å²) in [6, 6.07) is 8.90. The van der Waals surface area contributed by atoms with Crippen molar-refractivity contribution in [3.05, 3.63) is 59.8 Å². The fourth-order valence-electron chi connectivity index (χ4n) is 3.25. The highest BCUT2D eigenvalue weighted by Gasteiger charge is 2.21. The number of ether oxygens (including phenoxy) is 1. The standard InChI is InChI=1S/C26H39NO3/c1-5-9-14-22(8-4)21-30-26(29)24(25(28)23-15-11-10-12-16-23)17-13-20-27(18-6-2)19-7-3/h10-13,15-17,20,22H,5-9,14,18-19,21H2,1-4H3. The van der Waals surface area contributed by atoms with E-state index in [2.05, 4.69) is 32.6 Å². The molecule has 1 atom stereocenters. The van der Waals surface area contributed by atoms with Crippen molar-refractivity contribution in [2.24, 2.45) is 5.92 Å². The molecule has 30 heavy (non-hydrogen) atoms. The summed E-state index contributed by atoms with van der Waals surface area (Å²) in [6.07, 6.45) is 11.7. The molecule has 0 aliphatic heterocycles. The van der Waals surface area contributed by atoms with Gasteiger partial charge in [-0.3, -0.25) is 4.79 Å². The minimum atomic E-state index is -0.541. The Hall–Kier alpha value is -2.36. The van der Waals surface area contributed by atoms with Crippen molar-refractivity contribution in [3.63, 3.8) is 0 Å². The predicted octanol–water partition coefficient (Wildman–Crippen LogP) is 6.19. The summed E-state index contributed by atoms with van der Waals surface area (Å²) in [5, 5.41) is 0. The molecule has 0 bridgehead atoms. The van der Waals surface area contributed by atoms with E-state index in [1.165, 1.54) is 0 Å². The highest BCUT2D eigenvalue weighted by molar-refractivity contribution is 6.24. The SMILES string of the molecule is CCCCC(CC)COC(=O)C(=CC=CN(CCC)CCC)C(=O)c1ccccc1. The average Bonchev–Trinajstić information content (AvgIpc) is 2.77. The second-order valence-corrected chi connectivity index (χ2v) is 7.67. The Balaban J connectivity index is 2.99. The molecule has 1 unspecified atom stereocenters. The van der Waals surface area contributed by atoms with Gasteiger partial charge in [-0.1, -0.05) is 77.3 Å². The number of hydrogen-bond acceptors (Lipinski definition) is 4. The van der Waals surface area contributed by atoms with Gasteiger partial charge >= 0.3 is 5.97 Å². The summed E-state index contributed by atoms with van der Waals surface area (Å²) in [6.45, 7) is 10.8. The number of unbranched alkanes of at least 4 members (excludes halogenated alkanes) is 1. The van der Waals surface area contributed by atoms with E-state index < -0.39 is 5.97 Å². The number of carbonyl (C=O) groups excluding carboxylic acids is 2. The van der Waals surface area contributed by atoms with Gasteiger partial charge in [0.25, 0.3) is 0 Å². The zero-order chi connectivity index (χ0) is 22.2. The van der Waals surface area contributed by atoms with Crippen molar-refractivity contribution >= 4 is 11.8 Å². The lowest BCUT2D eigenvalue weighted by Crippen LogP contribution is -2.20. The Morgan fingerprint density at radius 2 is 1.67 bits per heavy atom. The van der Waals surface area contributed by atoms with Crippen LogP contribution >= 0.6 is 0 Å². The summed E-state index contributed by atoms with van der Waals surface area (Å²) in [5.74, 6) is -0.507. The van der Waals surface area contributed by atoms with Crippen LogP contribution in [0.1, 0.15) is 76.6 Å². The minimum absolute atomic E-state index is 0.0794. The Kier molecular flexibility index (Phi) is 13.2. The Morgan fingerprint density at radius 1 is 1.00 bits per heavy atom. The third-order valence-corrected chi connectivity index (χ3v) is 5.08. The van der Waals surface area contributed by atoms with Gasteiger partial charge in [-0.05, 0) is 43.5 Å². The maximum atomic E-state index is 13.0. The van der Waals surface area contributed by atoms with E-state index in [4.69, 9.17) is 4.74 Å². The lowest BCUT2D eigenvalue weighted by molar-refractivity contribution is -0.140. The van der Waals surface area contributed by atoms with Crippen molar-refractivity contribution in [1.29, 1.82) is 0 Å². The number of ketones is 1. The molecule has 0 heterocycles. The summed E-state index contributed by atoms with van der Waals surface area (Å²) in [4.78, 5) is 28.0. The fraction of sp³-hybridized carbons (Fsp3) is 0.538. The van der Waals surface area contributed by atoms with Crippen LogP contribution in [0.5, 0.6) is 0 Å². The van der Waals surface area contributed by atoms with E-state index in [9.17, 15) is 9.59 Å². The smallest absolute Gasteiger partial charge is 0.342 e. The quantitative estimate of drug-likeness (QED) is 0.0859. The van der Waals surface area contributed by atoms with Gasteiger partial charge in [-0.25, -0.2) is 4.79 Å². The third-order valence-electron chi connectivity index (χ3n) is 5.08. The molecule has 0 aromatic heterocycles. The number of rotatable bonds is 15. The van der Waals surface area contributed by atoms with Gasteiger partial charge in [0.05, 0.1) is 6.61 Å². The Bertz CT molecular complexity index is 673. The van der Waals surface area contributed by atoms with Crippen molar-refractivity contribution in [3.8, 4) is 0 Å². The molecule has 166 valence electrons. The van der Waals surface area contributed by atoms with E-state index in [0.29, 0.717) is 18.1 Å². The average molecular weight is 414 g/mol. The fourth-order valence-corrected chi connectivity index (χ4v) is 3.25. The molecule has 1 aromatic rings. The van der Waals surface area contributed by atoms with Crippen LogP contribution < -0.4 is 0 Å². The van der Waals surface area contributed by atoms with Crippen LogP contribution in [0, 0.1) is 5.92 Å². The predicted molar refractivity (Wildman–Crippen MR) is 124 cm³/mol. The summed E-state index contributed by atoms with van der Waals surface area (Å²) >= 11 is 0. The lowest BCUT2D eigenvalue weighted by atomic mass is 10.00. The molecular formula is C26H39NO3. The first-order valence-corrected chi connectivity index (χ1v) is 11.5. The molecule has 1 rings (SSSR count). The lowest BCUT2D eigenvalue weighted by Gasteiger charge is -2.18. The maximum Gasteiger partial charge on any atom is 0.342 e. The third kappa shape index (κ3) is 9.43. The number of allylic oxidation sites excluding steroid dienone is 2. The molecule has 0 aliphatic rings. The molecule has 1 aromatic carbocycles. The van der Waals surface area contributed by atoms with Gasteiger partial charge in [-0.15, -0.1) is 0 Å². The van der Waals surface area contributed by atoms with Crippen LogP contribution in [-0.2, 0) is 9.53 Å². The van der Waals surface area contributed by atoms with Gasteiger partial charge in [0.15, 0.2) is 5.78 Å². The molecule has 4 heteroatoms. The number of benzene rings is 1. The largest absolute Gasteiger partial charge is 0.462 e. The van der Waals surface area contributed by atoms with Crippen LogP contribution in [0.25, 0.3) is 0 Å². The number of nitrogens with zero attached hydrogens (tertiary/aromatic N) is 1. The van der Waals surface area contributed by atoms with Crippen LogP contribution in [-0.4, -0.2) is 36.3 Å². The van der Waals surface area contributed by atoms with Gasteiger partial charge in [0.1, 0.15) is 5.57 Å². The summed E-state index contributed by atoms with van der Waals surface area (Å²) < 4.78 is 5.57. The number of carbonyl (C=O) groups is 2. The molecule has 0 aliphatic carbocycles. The zero-order valence-electron chi connectivity index (χ0n) is 19.2. The normalized spacial score (nSPS) is 12.7. The van der Waals surface area contributed by atoms with Crippen LogP contribution in [0.3, 0.4) is 0 Å². The van der Waals surface area contributed by atoms with E-state index >= 15 is 0 Å². The molecule has 0 radical (unpaired) electrons. The van der Waals surface area contributed by atoms with E-state index in [0.717, 1.165) is 51.6 Å². The monoisotopic (exact) mass is 413 g/mol. The molecule has 0 N–H and O–H groups in total. The maximum absolute atomic E-state index is 13.0. The molecule has 4 nitrogen and oxygen atoms in total. The Morgan fingerprint density at radius 3 is 2.23 bits per heavy atom. The van der Waals surface area contributed by atoms with Crippen molar-refractivity contribution < 1.29 is 14.3 Å². The van der Waals surface area contributed by atoms with Crippen LogP contribution in [0.15, 0.2) is 54.3 Å². The number of esters is 1. The van der Waals surface area contributed by atoms with Crippen molar-refractivity contribution in [2.45, 2.75) is 66.2 Å². The summed E-state index contributed by atoms with van der Waals surface area (Å²) in [5.41, 5.74) is 0.571. The van der Waals surface area contributed by atoms with Crippen molar-refractivity contribution in [1.82, 2.24) is 4.90 Å². The zero-order valence-corrected chi connectivity index (χ0v) is 19.2. The number of Topliss-reactive ketones (excluding diaryl/α,β-unsaturated/α-hetero) is 1. The van der Waals surface area contributed by atoms with Crippen LogP contribution in [0.4, 0.5) is 0 Å². The molecule has 0 amide bonds. The Labute approximate surface area is 183 Å². The molecule has 0 spiro atoms. The van der Waals surface area contributed by atoms with Gasteiger partial charge in [-0.2, -0.15) is 0 Å².